The number of rotatable bonds is 1. The molecular weight excluding hydrogens is 105 g/mol. The maximum Gasteiger partial charge on any atom is 0.113 e. The van der Waals surface area contributed by atoms with Gasteiger partial charge in [-0.3, -0.25) is 0 Å². The largest absolute Gasteiger partial charge is 0.311 e. The van der Waals surface area contributed by atoms with E-state index in [2.05, 4.69) is 5.32 Å². The second-order valence-corrected chi connectivity index (χ2v) is 2.38. The fourth-order valence-corrected chi connectivity index (χ4v) is 1.10. The second kappa shape index (κ2) is 2.44. The molecule has 1 aliphatic heterocycles. The lowest BCUT2D eigenvalue weighted by Crippen LogP contribution is -2.29. The van der Waals surface area contributed by atoms with Crippen molar-refractivity contribution in [2.24, 2.45) is 0 Å². The minimum Gasteiger partial charge on any atom is -0.311 e. The summed E-state index contributed by atoms with van der Waals surface area (Å²) in [4.78, 5) is 0. The molecule has 0 aromatic rings. The number of nitrogens with one attached hydrogen (secondary N) is 1. The fraction of sp³-hybridized carbons (Fsp3) is 1.00. The zero-order chi connectivity index (χ0) is 5.98. The molecule has 0 amide bonds. The van der Waals surface area contributed by atoms with Gasteiger partial charge in [-0.05, 0) is 26.3 Å². The van der Waals surface area contributed by atoms with E-state index in [9.17, 15) is 4.39 Å². The molecule has 0 saturated carbocycles. The van der Waals surface area contributed by atoms with E-state index in [-0.39, 0.29) is 6.04 Å². The van der Waals surface area contributed by atoms with Gasteiger partial charge in [0.25, 0.3) is 0 Å². The van der Waals surface area contributed by atoms with Gasteiger partial charge in [0.2, 0.25) is 0 Å². The molecule has 48 valence electrons. The van der Waals surface area contributed by atoms with Gasteiger partial charge in [0.1, 0.15) is 6.17 Å². The Labute approximate surface area is 49.3 Å². The van der Waals surface area contributed by atoms with Crippen LogP contribution in [0.2, 0.25) is 0 Å². The van der Waals surface area contributed by atoms with E-state index in [0.717, 1.165) is 19.4 Å². The van der Waals surface area contributed by atoms with Gasteiger partial charge in [-0.25, -0.2) is 4.39 Å². The molecule has 0 spiro atoms. The quantitative estimate of drug-likeness (QED) is 0.542. The van der Waals surface area contributed by atoms with Gasteiger partial charge < -0.3 is 5.32 Å². The molecule has 0 bridgehead atoms. The van der Waals surface area contributed by atoms with Crippen LogP contribution in [-0.2, 0) is 0 Å². The Morgan fingerprint density at radius 1 is 1.75 bits per heavy atom. The summed E-state index contributed by atoms with van der Waals surface area (Å²) in [6, 6.07) is 0.148. The van der Waals surface area contributed by atoms with Crippen molar-refractivity contribution in [3.05, 3.63) is 0 Å². The summed E-state index contributed by atoms with van der Waals surface area (Å²) in [5, 5.41) is 3.08. The number of halogens is 1. The number of hydrogen-bond donors (Lipinski definition) is 1. The van der Waals surface area contributed by atoms with Crippen LogP contribution in [0.4, 0.5) is 4.39 Å². The minimum absolute atomic E-state index is 0.148. The summed E-state index contributed by atoms with van der Waals surface area (Å²) in [7, 11) is 0. The van der Waals surface area contributed by atoms with Crippen LogP contribution in [0, 0.1) is 0 Å². The van der Waals surface area contributed by atoms with Gasteiger partial charge in [-0.15, -0.1) is 0 Å². The molecule has 0 aromatic heterocycles. The third kappa shape index (κ3) is 1.19. The highest BCUT2D eigenvalue weighted by molar-refractivity contribution is 4.78. The third-order valence-corrected chi connectivity index (χ3v) is 1.65. The summed E-state index contributed by atoms with van der Waals surface area (Å²) in [5.41, 5.74) is 0. The molecule has 1 heterocycles. The van der Waals surface area contributed by atoms with Crippen LogP contribution in [0.25, 0.3) is 0 Å². The fourth-order valence-electron chi connectivity index (χ4n) is 1.10. The first-order chi connectivity index (χ1) is 3.80. The molecular formula is C6H12FN. The summed E-state index contributed by atoms with van der Waals surface area (Å²) >= 11 is 0. The molecule has 1 saturated heterocycles. The lowest BCUT2D eigenvalue weighted by atomic mass is 10.1. The predicted octanol–water partition coefficient (Wildman–Crippen LogP) is 1.10. The van der Waals surface area contributed by atoms with Crippen LogP contribution >= 0.6 is 0 Å². The number of alkyl halides is 1. The van der Waals surface area contributed by atoms with E-state index in [4.69, 9.17) is 0 Å². The first kappa shape index (κ1) is 6.02. The average Bonchev–Trinajstić information content (AvgIpc) is 2.12. The monoisotopic (exact) mass is 117 g/mol. The van der Waals surface area contributed by atoms with Crippen molar-refractivity contribution in [3.63, 3.8) is 0 Å². The summed E-state index contributed by atoms with van der Waals surface area (Å²) in [6.07, 6.45) is 1.48. The van der Waals surface area contributed by atoms with E-state index in [1.807, 2.05) is 0 Å². The van der Waals surface area contributed by atoms with Crippen molar-refractivity contribution in [1.82, 2.24) is 5.32 Å². The van der Waals surface area contributed by atoms with E-state index in [1.165, 1.54) is 0 Å². The van der Waals surface area contributed by atoms with Crippen molar-refractivity contribution in [3.8, 4) is 0 Å². The zero-order valence-electron chi connectivity index (χ0n) is 5.15. The maximum absolute atomic E-state index is 12.3. The molecule has 1 aliphatic rings. The standard InChI is InChI=1S/C6H12FN/c1-5(7)6-3-2-4-8-6/h5-6,8H,2-4H2,1H3/t5-,6-/m0/s1. The highest BCUT2D eigenvalue weighted by Crippen LogP contribution is 2.10. The summed E-state index contributed by atoms with van der Waals surface area (Å²) in [5.74, 6) is 0. The van der Waals surface area contributed by atoms with E-state index in [1.54, 1.807) is 6.92 Å². The highest BCUT2D eigenvalue weighted by Gasteiger charge is 2.19. The molecule has 1 N–H and O–H groups in total. The SMILES string of the molecule is C[C@H](F)[C@@H]1CCCN1. The lowest BCUT2D eigenvalue weighted by molar-refractivity contribution is 0.288. The van der Waals surface area contributed by atoms with Crippen LogP contribution in [-0.4, -0.2) is 18.8 Å². The van der Waals surface area contributed by atoms with Crippen LogP contribution in [0.15, 0.2) is 0 Å². The Morgan fingerprint density at radius 3 is 2.75 bits per heavy atom. The summed E-state index contributed by atoms with van der Waals surface area (Å²) < 4.78 is 12.3. The van der Waals surface area contributed by atoms with E-state index >= 15 is 0 Å². The van der Waals surface area contributed by atoms with Crippen LogP contribution in [0.5, 0.6) is 0 Å². The molecule has 0 aromatic carbocycles. The molecule has 2 atom stereocenters. The van der Waals surface area contributed by atoms with Crippen molar-refractivity contribution in [2.45, 2.75) is 32.0 Å². The van der Waals surface area contributed by atoms with Gasteiger partial charge in [0.05, 0.1) is 0 Å². The summed E-state index contributed by atoms with van der Waals surface area (Å²) in [6.45, 7) is 2.61. The number of hydrogen-bond acceptors (Lipinski definition) is 1. The zero-order valence-corrected chi connectivity index (χ0v) is 5.15. The minimum atomic E-state index is -0.669. The Balaban J connectivity index is 2.24. The Kier molecular flexibility index (Phi) is 1.84. The van der Waals surface area contributed by atoms with Crippen molar-refractivity contribution >= 4 is 0 Å². The molecule has 2 heteroatoms. The lowest BCUT2D eigenvalue weighted by Gasteiger charge is -2.09. The van der Waals surface area contributed by atoms with Gasteiger partial charge in [0.15, 0.2) is 0 Å². The normalized spacial score (nSPS) is 33.0. The van der Waals surface area contributed by atoms with Crippen molar-refractivity contribution in [1.29, 1.82) is 0 Å². The molecule has 1 nitrogen and oxygen atoms in total. The van der Waals surface area contributed by atoms with E-state index < -0.39 is 6.17 Å². The second-order valence-electron chi connectivity index (χ2n) is 2.38. The smallest absolute Gasteiger partial charge is 0.113 e. The first-order valence-electron chi connectivity index (χ1n) is 3.18. The first-order valence-corrected chi connectivity index (χ1v) is 3.18. The molecule has 8 heavy (non-hydrogen) atoms. The Morgan fingerprint density at radius 2 is 2.50 bits per heavy atom. The van der Waals surface area contributed by atoms with Crippen molar-refractivity contribution in [2.75, 3.05) is 6.54 Å². The average molecular weight is 117 g/mol. The van der Waals surface area contributed by atoms with E-state index in [0.29, 0.717) is 0 Å². The molecule has 0 unspecified atom stereocenters. The van der Waals surface area contributed by atoms with Crippen molar-refractivity contribution < 1.29 is 4.39 Å². The van der Waals surface area contributed by atoms with Crippen LogP contribution in [0.3, 0.4) is 0 Å². The third-order valence-electron chi connectivity index (χ3n) is 1.65. The van der Waals surface area contributed by atoms with Crippen LogP contribution in [0.1, 0.15) is 19.8 Å². The topological polar surface area (TPSA) is 12.0 Å². The Bertz CT molecular complexity index is 66.9. The Hall–Kier alpha value is -0.110. The van der Waals surface area contributed by atoms with Gasteiger partial charge in [-0.1, -0.05) is 0 Å². The predicted molar refractivity (Wildman–Crippen MR) is 31.6 cm³/mol. The van der Waals surface area contributed by atoms with Gasteiger partial charge >= 0.3 is 0 Å². The van der Waals surface area contributed by atoms with Gasteiger partial charge in [0, 0.05) is 6.04 Å². The molecule has 1 fully saturated rings. The molecule has 1 rings (SSSR count). The highest BCUT2D eigenvalue weighted by atomic mass is 19.1. The van der Waals surface area contributed by atoms with Gasteiger partial charge in [-0.2, -0.15) is 0 Å². The van der Waals surface area contributed by atoms with Crippen LogP contribution < -0.4 is 5.32 Å². The molecule has 0 aliphatic carbocycles. The molecule has 0 radical (unpaired) electrons. The maximum atomic E-state index is 12.3.